The standard InChI is InChI=1S/C24H25NO/c1-25-17-15-20(16-18-25)22-12-6-8-14-24(22)26-23-13-7-5-11-21(23)19-9-3-2-4-10-19/h2-14,20H,15-18H2,1H3. The van der Waals surface area contributed by atoms with Crippen molar-refractivity contribution in [3.05, 3.63) is 84.4 Å². The van der Waals surface area contributed by atoms with Gasteiger partial charge in [0.25, 0.3) is 0 Å². The molecule has 132 valence electrons. The molecule has 0 bridgehead atoms. The van der Waals surface area contributed by atoms with E-state index in [9.17, 15) is 0 Å². The lowest BCUT2D eigenvalue weighted by Crippen LogP contribution is -2.29. The maximum absolute atomic E-state index is 6.46. The van der Waals surface area contributed by atoms with Crippen molar-refractivity contribution in [2.24, 2.45) is 0 Å². The van der Waals surface area contributed by atoms with Crippen LogP contribution in [0.3, 0.4) is 0 Å². The number of hydrogen-bond donors (Lipinski definition) is 0. The second-order valence-corrected chi connectivity index (χ2v) is 7.08. The van der Waals surface area contributed by atoms with Gasteiger partial charge in [-0.25, -0.2) is 0 Å². The van der Waals surface area contributed by atoms with E-state index < -0.39 is 0 Å². The van der Waals surface area contributed by atoms with Crippen LogP contribution in [0.2, 0.25) is 0 Å². The second-order valence-electron chi connectivity index (χ2n) is 7.08. The Morgan fingerprint density at radius 3 is 2.12 bits per heavy atom. The van der Waals surface area contributed by atoms with Crippen LogP contribution in [0.5, 0.6) is 11.5 Å². The zero-order chi connectivity index (χ0) is 17.8. The Balaban J connectivity index is 1.65. The third kappa shape index (κ3) is 3.66. The van der Waals surface area contributed by atoms with Gasteiger partial charge in [-0.1, -0.05) is 66.7 Å². The predicted molar refractivity (Wildman–Crippen MR) is 108 cm³/mol. The number of para-hydroxylation sites is 2. The number of nitrogens with zero attached hydrogens (tertiary/aromatic N) is 1. The lowest BCUT2D eigenvalue weighted by atomic mass is 9.89. The summed E-state index contributed by atoms with van der Waals surface area (Å²) in [7, 11) is 2.20. The van der Waals surface area contributed by atoms with Crippen LogP contribution >= 0.6 is 0 Å². The molecule has 1 aliphatic rings. The molecule has 2 heteroatoms. The summed E-state index contributed by atoms with van der Waals surface area (Å²) in [4.78, 5) is 2.41. The molecule has 0 amide bonds. The fraction of sp³-hybridized carbons (Fsp3) is 0.250. The molecule has 0 aromatic heterocycles. The van der Waals surface area contributed by atoms with Gasteiger partial charge in [-0.2, -0.15) is 0 Å². The average Bonchev–Trinajstić information content (AvgIpc) is 2.70. The van der Waals surface area contributed by atoms with Crippen molar-refractivity contribution in [1.82, 2.24) is 4.90 Å². The van der Waals surface area contributed by atoms with Gasteiger partial charge < -0.3 is 9.64 Å². The van der Waals surface area contributed by atoms with Crippen molar-refractivity contribution >= 4 is 0 Å². The topological polar surface area (TPSA) is 12.5 Å². The van der Waals surface area contributed by atoms with E-state index in [1.807, 2.05) is 12.1 Å². The second kappa shape index (κ2) is 7.76. The molecular formula is C24H25NO. The van der Waals surface area contributed by atoms with E-state index in [0.717, 1.165) is 30.2 Å². The Kier molecular flexibility index (Phi) is 5.03. The Morgan fingerprint density at radius 1 is 0.731 bits per heavy atom. The molecule has 0 unspecified atom stereocenters. The van der Waals surface area contributed by atoms with Crippen molar-refractivity contribution in [1.29, 1.82) is 0 Å². The molecule has 4 rings (SSSR count). The van der Waals surface area contributed by atoms with Gasteiger partial charge in [-0.3, -0.25) is 0 Å². The summed E-state index contributed by atoms with van der Waals surface area (Å²) in [6.45, 7) is 2.30. The monoisotopic (exact) mass is 343 g/mol. The molecular weight excluding hydrogens is 318 g/mol. The van der Waals surface area contributed by atoms with Gasteiger partial charge in [0.15, 0.2) is 0 Å². The Labute approximate surface area is 156 Å². The van der Waals surface area contributed by atoms with Crippen LogP contribution in [-0.4, -0.2) is 25.0 Å². The van der Waals surface area contributed by atoms with E-state index in [2.05, 4.69) is 78.7 Å². The van der Waals surface area contributed by atoms with Crippen molar-refractivity contribution in [3.8, 4) is 22.6 Å². The van der Waals surface area contributed by atoms with E-state index >= 15 is 0 Å². The van der Waals surface area contributed by atoms with Crippen molar-refractivity contribution in [2.45, 2.75) is 18.8 Å². The molecule has 3 aromatic rings. The lowest BCUT2D eigenvalue weighted by molar-refractivity contribution is 0.253. The molecule has 0 N–H and O–H groups in total. The van der Waals surface area contributed by atoms with Gasteiger partial charge in [0.2, 0.25) is 0 Å². The zero-order valence-electron chi connectivity index (χ0n) is 15.3. The number of piperidine rings is 1. The highest BCUT2D eigenvalue weighted by Crippen LogP contribution is 2.38. The van der Waals surface area contributed by atoms with E-state index in [0.29, 0.717) is 5.92 Å². The van der Waals surface area contributed by atoms with Crippen molar-refractivity contribution in [3.63, 3.8) is 0 Å². The molecule has 2 nitrogen and oxygen atoms in total. The molecule has 0 radical (unpaired) electrons. The molecule has 1 saturated heterocycles. The first-order valence-electron chi connectivity index (χ1n) is 9.41. The van der Waals surface area contributed by atoms with Crippen LogP contribution in [-0.2, 0) is 0 Å². The zero-order valence-corrected chi connectivity index (χ0v) is 15.3. The third-order valence-corrected chi connectivity index (χ3v) is 5.27. The Bertz CT molecular complexity index is 851. The SMILES string of the molecule is CN1CCC(c2ccccc2Oc2ccccc2-c2ccccc2)CC1. The number of benzene rings is 3. The maximum Gasteiger partial charge on any atom is 0.135 e. The maximum atomic E-state index is 6.46. The Morgan fingerprint density at radius 2 is 1.35 bits per heavy atom. The molecule has 1 heterocycles. The smallest absolute Gasteiger partial charge is 0.135 e. The molecule has 0 spiro atoms. The quantitative estimate of drug-likeness (QED) is 0.580. The van der Waals surface area contributed by atoms with Crippen LogP contribution < -0.4 is 4.74 Å². The van der Waals surface area contributed by atoms with Gasteiger partial charge in [-0.15, -0.1) is 0 Å². The van der Waals surface area contributed by atoms with Gasteiger partial charge >= 0.3 is 0 Å². The predicted octanol–water partition coefficient (Wildman–Crippen LogP) is 5.96. The summed E-state index contributed by atoms with van der Waals surface area (Å²) in [6.07, 6.45) is 2.38. The molecule has 26 heavy (non-hydrogen) atoms. The van der Waals surface area contributed by atoms with E-state index in [1.165, 1.54) is 24.0 Å². The largest absolute Gasteiger partial charge is 0.456 e. The minimum Gasteiger partial charge on any atom is -0.456 e. The molecule has 0 saturated carbocycles. The van der Waals surface area contributed by atoms with E-state index in [-0.39, 0.29) is 0 Å². The highest BCUT2D eigenvalue weighted by Gasteiger charge is 2.21. The first-order valence-corrected chi connectivity index (χ1v) is 9.41. The molecule has 0 atom stereocenters. The summed E-state index contributed by atoms with van der Waals surface area (Å²) >= 11 is 0. The number of likely N-dealkylation sites (tertiary alicyclic amines) is 1. The number of hydrogen-bond acceptors (Lipinski definition) is 2. The Hall–Kier alpha value is -2.58. The minimum absolute atomic E-state index is 0.575. The average molecular weight is 343 g/mol. The fourth-order valence-corrected chi connectivity index (χ4v) is 3.76. The first-order chi connectivity index (χ1) is 12.8. The van der Waals surface area contributed by atoms with Crippen molar-refractivity contribution < 1.29 is 4.74 Å². The summed E-state index contributed by atoms with van der Waals surface area (Å²) in [5, 5.41) is 0. The summed E-state index contributed by atoms with van der Waals surface area (Å²) in [6, 6.07) is 27.3. The van der Waals surface area contributed by atoms with Crippen LogP contribution in [0, 0.1) is 0 Å². The number of rotatable bonds is 4. The third-order valence-electron chi connectivity index (χ3n) is 5.27. The minimum atomic E-state index is 0.575. The van der Waals surface area contributed by atoms with Crippen LogP contribution in [0.25, 0.3) is 11.1 Å². The first kappa shape index (κ1) is 16.9. The van der Waals surface area contributed by atoms with Gasteiger partial charge in [0.1, 0.15) is 11.5 Å². The van der Waals surface area contributed by atoms with Crippen molar-refractivity contribution in [2.75, 3.05) is 20.1 Å². The molecule has 0 aliphatic carbocycles. The molecule has 3 aromatic carbocycles. The normalized spacial score (nSPS) is 15.7. The van der Waals surface area contributed by atoms with Crippen LogP contribution in [0.4, 0.5) is 0 Å². The lowest BCUT2D eigenvalue weighted by Gasteiger charge is -2.30. The highest BCUT2D eigenvalue weighted by molar-refractivity contribution is 5.70. The summed E-state index contributed by atoms with van der Waals surface area (Å²) < 4.78 is 6.46. The molecule has 1 aliphatic heterocycles. The number of ether oxygens (including phenoxy) is 1. The summed E-state index contributed by atoms with van der Waals surface area (Å²) in [5.74, 6) is 2.48. The highest BCUT2D eigenvalue weighted by atomic mass is 16.5. The van der Waals surface area contributed by atoms with Gasteiger partial charge in [0, 0.05) is 5.56 Å². The van der Waals surface area contributed by atoms with E-state index in [4.69, 9.17) is 4.74 Å². The fourth-order valence-electron chi connectivity index (χ4n) is 3.76. The van der Waals surface area contributed by atoms with Crippen LogP contribution in [0.1, 0.15) is 24.3 Å². The van der Waals surface area contributed by atoms with Gasteiger partial charge in [0.05, 0.1) is 0 Å². The molecule has 1 fully saturated rings. The van der Waals surface area contributed by atoms with E-state index in [1.54, 1.807) is 0 Å². The van der Waals surface area contributed by atoms with Crippen LogP contribution in [0.15, 0.2) is 78.9 Å². The summed E-state index contributed by atoms with van der Waals surface area (Å²) in [5.41, 5.74) is 3.65. The van der Waals surface area contributed by atoms with Gasteiger partial charge in [-0.05, 0) is 62.2 Å².